The highest BCUT2D eigenvalue weighted by molar-refractivity contribution is 5.04. The molecule has 0 atom stereocenters. The molecule has 1 aliphatic carbocycles. The Morgan fingerprint density at radius 1 is 1.50 bits per heavy atom. The molecule has 1 nitrogen and oxygen atoms in total. The monoisotopic (exact) mass is 143 g/mol. The van der Waals surface area contributed by atoms with Crippen LogP contribution in [0.25, 0.3) is 0 Å². The Hall–Kier alpha value is -0.370. The van der Waals surface area contributed by atoms with E-state index >= 15 is 0 Å². The molecule has 1 N–H and O–H groups in total. The lowest BCUT2D eigenvalue weighted by Gasteiger charge is -2.20. The van der Waals surface area contributed by atoms with E-state index in [-0.39, 0.29) is 6.04 Å². The summed E-state index contributed by atoms with van der Waals surface area (Å²) in [6.07, 6.45) is 6.19. The molecule has 1 rings (SSSR count). The fourth-order valence-corrected chi connectivity index (χ4v) is 1.39. The van der Waals surface area contributed by atoms with Gasteiger partial charge in [0.15, 0.2) is 0 Å². The third-order valence-electron chi connectivity index (χ3n) is 2.19. The smallest absolute Gasteiger partial charge is 0.0377 e. The van der Waals surface area contributed by atoms with Crippen molar-refractivity contribution in [2.45, 2.75) is 38.6 Å². The predicted molar refractivity (Wildman–Crippen MR) is 40.3 cm³/mol. The van der Waals surface area contributed by atoms with Crippen molar-refractivity contribution in [2.75, 3.05) is 0 Å². The number of allylic oxidation sites excluding steroid dienone is 2. The number of halogens is 1. The summed E-state index contributed by atoms with van der Waals surface area (Å²) in [5, 5.41) is 0. The molecule has 0 radical (unpaired) electrons. The van der Waals surface area contributed by atoms with Gasteiger partial charge in [-0.25, -0.2) is 0 Å². The molecule has 0 spiro atoms. The molecule has 0 heterocycles. The van der Waals surface area contributed by atoms with Crippen molar-refractivity contribution in [1.29, 1.82) is 0 Å². The summed E-state index contributed by atoms with van der Waals surface area (Å²) >= 11 is 0. The number of nitrogens with one attached hydrogen (secondary N) is 1. The van der Waals surface area contributed by atoms with E-state index < -0.39 is 0 Å². The lowest BCUT2D eigenvalue weighted by molar-refractivity contribution is 0.240. The lowest BCUT2D eigenvalue weighted by atomic mass is 9.91. The van der Waals surface area contributed by atoms with Gasteiger partial charge >= 0.3 is 0 Å². The molecule has 0 aromatic heterocycles. The van der Waals surface area contributed by atoms with E-state index in [1.807, 2.05) is 5.54 Å². The molecule has 0 bridgehead atoms. The largest absolute Gasteiger partial charge is 0.156 e. The quantitative estimate of drug-likeness (QED) is 0.439. The summed E-state index contributed by atoms with van der Waals surface area (Å²) in [6, 6.07) is 0.115. The Kier molecular flexibility index (Phi) is 2.87. The zero-order chi connectivity index (χ0) is 7.40. The molecule has 58 valence electrons. The van der Waals surface area contributed by atoms with E-state index in [1.54, 1.807) is 0 Å². The SMILES string of the molecule is CC=C1CCC(NF)CC1. The maximum Gasteiger partial charge on any atom is 0.0377 e. The standard InChI is InChI=1S/C8H14FN/c1-2-7-3-5-8(10-9)6-4-7/h2,8,10H,3-6H2,1H3. The Labute approximate surface area is 61.2 Å². The second kappa shape index (κ2) is 3.71. The summed E-state index contributed by atoms with van der Waals surface area (Å²) in [7, 11) is 0. The van der Waals surface area contributed by atoms with Crippen molar-refractivity contribution in [3.05, 3.63) is 11.6 Å². The molecule has 1 aliphatic rings. The van der Waals surface area contributed by atoms with Crippen LogP contribution in [0.4, 0.5) is 4.48 Å². The average molecular weight is 143 g/mol. The molecule has 0 aliphatic heterocycles. The summed E-state index contributed by atoms with van der Waals surface area (Å²) in [4.78, 5) is 0. The topological polar surface area (TPSA) is 12.0 Å². The normalized spacial score (nSPS) is 26.6. The second-order valence-electron chi connectivity index (χ2n) is 2.83. The zero-order valence-electron chi connectivity index (χ0n) is 6.36. The maximum absolute atomic E-state index is 11.8. The van der Waals surface area contributed by atoms with Gasteiger partial charge in [-0.2, -0.15) is 5.54 Å². The second-order valence-corrected chi connectivity index (χ2v) is 2.83. The van der Waals surface area contributed by atoms with Crippen LogP contribution in [0.15, 0.2) is 11.6 Å². The molecule has 1 saturated carbocycles. The first-order chi connectivity index (χ1) is 4.86. The van der Waals surface area contributed by atoms with E-state index in [0.29, 0.717) is 0 Å². The maximum atomic E-state index is 11.8. The Balaban J connectivity index is 2.31. The fraction of sp³-hybridized carbons (Fsp3) is 0.750. The van der Waals surface area contributed by atoms with Crippen molar-refractivity contribution in [1.82, 2.24) is 5.54 Å². The van der Waals surface area contributed by atoms with Gasteiger partial charge in [-0.05, 0) is 32.6 Å². The van der Waals surface area contributed by atoms with E-state index in [9.17, 15) is 4.48 Å². The van der Waals surface area contributed by atoms with Crippen molar-refractivity contribution in [3.8, 4) is 0 Å². The van der Waals surface area contributed by atoms with E-state index in [4.69, 9.17) is 0 Å². The van der Waals surface area contributed by atoms with Crippen LogP contribution in [-0.4, -0.2) is 6.04 Å². The van der Waals surface area contributed by atoms with Gasteiger partial charge in [0.2, 0.25) is 0 Å². The molecule has 0 saturated heterocycles. The Morgan fingerprint density at radius 3 is 2.50 bits per heavy atom. The first kappa shape index (κ1) is 7.73. The molecule has 1 fully saturated rings. The lowest BCUT2D eigenvalue weighted by Crippen LogP contribution is -2.24. The van der Waals surface area contributed by atoms with Gasteiger partial charge in [-0.15, -0.1) is 4.48 Å². The van der Waals surface area contributed by atoms with Crippen LogP contribution in [0.5, 0.6) is 0 Å². The minimum atomic E-state index is 0.115. The molecular formula is C8H14FN. The summed E-state index contributed by atoms with van der Waals surface area (Å²) in [5.41, 5.74) is 3.30. The van der Waals surface area contributed by atoms with Crippen LogP contribution in [-0.2, 0) is 0 Å². The Bertz CT molecular complexity index is 121. The minimum absolute atomic E-state index is 0.115. The van der Waals surface area contributed by atoms with E-state index in [0.717, 1.165) is 25.7 Å². The molecule has 0 amide bonds. The summed E-state index contributed by atoms with van der Waals surface area (Å²) in [6.45, 7) is 2.05. The molecular weight excluding hydrogens is 129 g/mol. The van der Waals surface area contributed by atoms with Crippen LogP contribution in [0.2, 0.25) is 0 Å². The predicted octanol–water partition coefficient (Wildman–Crippen LogP) is 2.35. The third kappa shape index (κ3) is 1.81. The number of hydrogen-bond donors (Lipinski definition) is 1. The van der Waals surface area contributed by atoms with E-state index in [1.165, 1.54) is 5.57 Å². The number of hydrogen-bond acceptors (Lipinski definition) is 1. The van der Waals surface area contributed by atoms with Crippen LogP contribution in [0, 0.1) is 0 Å². The van der Waals surface area contributed by atoms with Gasteiger partial charge in [0.25, 0.3) is 0 Å². The van der Waals surface area contributed by atoms with Gasteiger partial charge in [0.1, 0.15) is 0 Å². The highest BCUT2D eigenvalue weighted by Gasteiger charge is 2.14. The average Bonchev–Trinajstić information content (AvgIpc) is 2.05. The number of rotatable bonds is 1. The van der Waals surface area contributed by atoms with Crippen LogP contribution in [0.1, 0.15) is 32.6 Å². The molecule has 0 aromatic carbocycles. The molecule has 2 heteroatoms. The van der Waals surface area contributed by atoms with Crippen molar-refractivity contribution in [2.24, 2.45) is 0 Å². The van der Waals surface area contributed by atoms with Crippen LogP contribution < -0.4 is 5.54 Å². The first-order valence-corrected chi connectivity index (χ1v) is 3.87. The van der Waals surface area contributed by atoms with Gasteiger partial charge in [-0.1, -0.05) is 11.6 Å². The van der Waals surface area contributed by atoms with Crippen molar-refractivity contribution in [3.63, 3.8) is 0 Å². The van der Waals surface area contributed by atoms with Crippen LogP contribution in [0.3, 0.4) is 0 Å². The molecule has 0 unspecified atom stereocenters. The minimum Gasteiger partial charge on any atom is -0.156 e. The first-order valence-electron chi connectivity index (χ1n) is 3.87. The van der Waals surface area contributed by atoms with Crippen LogP contribution >= 0.6 is 0 Å². The zero-order valence-corrected chi connectivity index (χ0v) is 6.36. The fourth-order valence-electron chi connectivity index (χ4n) is 1.39. The molecule has 0 aromatic rings. The third-order valence-corrected chi connectivity index (χ3v) is 2.19. The van der Waals surface area contributed by atoms with Crippen molar-refractivity contribution < 1.29 is 4.48 Å². The highest BCUT2D eigenvalue weighted by Crippen LogP contribution is 2.22. The van der Waals surface area contributed by atoms with Gasteiger partial charge in [0.05, 0.1) is 0 Å². The summed E-state index contributed by atoms with van der Waals surface area (Å²) < 4.78 is 11.8. The van der Waals surface area contributed by atoms with Crippen molar-refractivity contribution >= 4 is 0 Å². The highest BCUT2D eigenvalue weighted by atomic mass is 19.2. The van der Waals surface area contributed by atoms with Gasteiger partial charge < -0.3 is 0 Å². The Morgan fingerprint density at radius 2 is 2.10 bits per heavy atom. The van der Waals surface area contributed by atoms with E-state index in [2.05, 4.69) is 13.0 Å². The summed E-state index contributed by atoms with van der Waals surface area (Å²) in [5.74, 6) is 0. The molecule has 10 heavy (non-hydrogen) atoms. The van der Waals surface area contributed by atoms with Gasteiger partial charge in [-0.3, -0.25) is 0 Å². The van der Waals surface area contributed by atoms with Gasteiger partial charge in [0, 0.05) is 6.04 Å².